The molecule has 3 fully saturated rings. The van der Waals surface area contributed by atoms with Crippen LogP contribution in [0.5, 0.6) is 0 Å². The molecule has 0 spiro atoms. The van der Waals surface area contributed by atoms with E-state index < -0.39 is 18.1 Å². The molecule has 0 radical (unpaired) electrons. The van der Waals surface area contributed by atoms with Gasteiger partial charge in [-0.05, 0) is 80.9 Å². The van der Waals surface area contributed by atoms with Crippen LogP contribution in [0.1, 0.15) is 113 Å². The Morgan fingerprint density at radius 1 is 0.523 bits per heavy atom. The third-order valence-electron chi connectivity index (χ3n) is 12.1. The highest BCUT2D eigenvalue weighted by atomic mass is 28.4. The van der Waals surface area contributed by atoms with Crippen LogP contribution in [-0.2, 0) is 18.1 Å². The van der Waals surface area contributed by atoms with E-state index in [9.17, 15) is 0 Å². The van der Waals surface area contributed by atoms with Crippen molar-refractivity contribution < 1.29 is 3.81 Å². The first kappa shape index (κ1) is 32.2. The number of hydrogen-bond acceptors (Lipinski definition) is 1. The van der Waals surface area contributed by atoms with Gasteiger partial charge in [0.2, 0.25) is 0 Å². The maximum atomic E-state index is 3.23. The van der Waals surface area contributed by atoms with Crippen LogP contribution in [0.3, 0.4) is 0 Å². The predicted molar refractivity (Wildman–Crippen MR) is 197 cm³/mol. The molecule has 44 heavy (non-hydrogen) atoms. The van der Waals surface area contributed by atoms with E-state index in [0.29, 0.717) is 0 Å². The van der Waals surface area contributed by atoms with Crippen LogP contribution in [0.25, 0.3) is 0 Å². The Labute approximate surface area is 275 Å². The van der Waals surface area contributed by atoms with Crippen molar-refractivity contribution in [2.45, 2.75) is 133 Å². The quantitative estimate of drug-likeness (QED) is 0.184. The molecule has 3 aromatic rings. The second kappa shape index (κ2) is 15.7. The molecule has 0 aromatic heterocycles. The first-order chi connectivity index (χ1) is 21.7. The lowest BCUT2D eigenvalue weighted by molar-refractivity contribution is -0.789. The highest BCUT2D eigenvalue weighted by Gasteiger charge is 2.60. The van der Waals surface area contributed by atoms with Gasteiger partial charge in [0.15, 0.2) is 0 Å². The molecule has 3 aromatic carbocycles. The second-order valence-electron chi connectivity index (χ2n) is 14.9. The highest BCUT2D eigenvalue weighted by Crippen LogP contribution is 2.45. The van der Waals surface area contributed by atoms with Gasteiger partial charge < -0.3 is 8.05 Å². The summed E-state index contributed by atoms with van der Waals surface area (Å²) in [5.74, 6) is 0. The van der Waals surface area contributed by atoms with E-state index in [1.54, 1.807) is 20.5 Å². The maximum absolute atomic E-state index is 3.23. The molecular formula is C39H59N2Si3+. The van der Waals surface area contributed by atoms with Crippen molar-refractivity contribution in [1.29, 1.82) is 0 Å². The number of benzene rings is 3. The van der Waals surface area contributed by atoms with Crippen molar-refractivity contribution in [1.82, 2.24) is 4.23 Å². The number of nitrogens with zero attached hydrogens (tertiary/aromatic N) is 2. The van der Waals surface area contributed by atoms with E-state index in [2.05, 4.69) is 95.2 Å². The zero-order valence-electron chi connectivity index (χ0n) is 27.7. The maximum Gasteiger partial charge on any atom is 0.314 e. The summed E-state index contributed by atoms with van der Waals surface area (Å²) in [6.45, 7) is 0. The summed E-state index contributed by atoms with van der Waals surface area (Å²) in [7, 11) is -1.41. The molecule has 6 rings (SSSR count). The first-order valence-corrected chi connectivity index (χ1v) is 23.1. The fourth-order valence-corrected chi connectivity index (χ4v) is 24.6. The van der Waals surface area contributed by atoms with Gasteiger partial charge in [-0.2, -0.15) is 0 Å². The van der Waals surface area contributed by atoms with Crippen LogP contribution in [0.4, 0.5) is 0 Å². The summed E-state index contributed by atoms with van der Waals surface area (Å²) in [6.07, 6.45) is 22.0. The SMILES string of the molecule is [SiH3]N([SiH2][N+](C1CCCCC1)(C1CCCCC1)[Si](Cc1ccccc1)(Cc1ccccc1)Cc1ccccc1)C1CCCCC1. The summed E-state index contributed by atoms with van der Waals surface area (Å²) in [5, 5.41) is 0. The largest absolute Gasteiger partial charge is 0.432 e. The lowest BCUT2D eigenvalue weighted by atomic mass is 9.90. The van der Waals surface area contributed by atoms with Crippen LogP contribution < -0.4 is 0 Å². The Bertz CT molecular complexity index is 1120. The molecule has 3 aliphatic carbocycles. The van der Waals surface area contributed by atoms with Gasteiger partial charge in [-0.25, -0.2) is 0 Å². The zero-order chi connectivity index (χ0) is 30.1. The molecule has 5 heteroatoms. The fourth-order valence-electron chi connectivity index (χ4n) is 10.1. The van der Waals surface area contributed by atoms with Crippen LogP contribution in [0, 0.1) is 0 Å². The molecule has 0 N–H and O–H groups in total. The topological polar surface area (TPSA) is 3.24 Å². The van der Waals surface area contributed by atoms with Gasteiger partial charge in [-0.15, -0.1) is 0 Å². The average molecular weight is 640 g/mol. The molecule has 0 bridgehead atoms. The molecule has 0 atom stereocenters. The van der Waals surface area contributed by atoms with Crippen LogP contribution in [0.2, 0.25) is 0 Å². The smallest absolute Gasteiger partial charge is 0.314 e. The Morgan fingerprint density at radius 3 is 1.23 bits per heavy atom. The Morgan fingerprint density at radius 2 is 0.864 bits per heavy atom. The summed E-state index contributed by atoms with van der Waals surface area (Å²) in [5.41, 5.74) is 4.85. The molecular weight excluding hydrogens is 581 g/mol. The molecule has 0 unspecified atom stereocenters. The summed E-state index contributed by atoms with van der Waals surface area (Å²) in [6, 6.07) is 42.3. The predicted octanol–water partition coefficient (Wildman–Crippen LogP) is 7.67. The van der Waals surface area contributed by atoms with Crippen LogP contribution >= 0.6 is 0 Å². The normalized spacial score (nSPS) is 20.1. The molecule has 0 heterocycles. The number of rotatable bonds is 12. The van der Waals surface area contributed by atoms with E-state index in [1.165, 1.54) is 125 Å². The molecule has 0 aliphatic heterocycles. The standard InChI is InChI=1S/C39H59N2Si3/c42-40(37-25-13-4-14-26-37)43-41(38-27-15-5-16-28-38,39-29-17-6-18-30-39)44(31-34-19-7-1-8-20-34,32-35-21-9-2-10-22-35)33-36-23-11-3-12-24-36/h1-3,7-12,19-24,37-39H,4-6,13-18,25-33,43H2,42H3/q+1. The number of quaternary nitrogens is 1. The molecule has 3 aliphatic rings. The highest BCUT2D eigenvalue weighted by molar-refractivity contribution is 6.75. The van der Waals surface area contributed by atoms with Gasteiger partial charge in [0.25, 0.3) is 8.24 Å². The minimum Gasteiger partial charge on any atom is -0.432 e. The molecule has 2 nitrogen and oxygen atoms in total. The van der Waals surface area contributed by atoms with Crippen molar-refractivity contribution >= 4 is 28.5 Å². The van der Waals surface area contributed by atoms with Crippen molar-refractivity contribution in [2.24, 2.45) is 0 Å². The van der Waals surface area contributed by atoms with Crippen LogP contribution in [0.15, 0.2) is 91.0 Å². The lowest BCUT2D eigenvalue weighted by Gasteiger charge is -2.65. The third-order valence-corrected chi connectivity index (χ3v) is 24.3. The lowest BCUT2D eigenvalue weighted by Crippen LogP contribution is -2.83. The average Bonchev–Trinajstić information content (AvgIpc) is 3.09. The summed E-state index contributed by atoms with van der Waals surface area (Å²) in [4.78, 5) is 0. The summed E-state index contributed by atoms with van der Waals surface area (Å²) < 4.78 is 4.84. The van der Waals surface area contributed by atoms with E-state index >= 15 is 0 Å². The van der Waals surface area contributed by atoms with Crippen LogP contribution in [-0.4, -0.2) is 54.7 Å². The van der Waals surface area contributed by atoms with Crippen molar-refractivity contribution in [2.75, 3.05) is 0 Å². The van der Waals surface area contributed by atoms with Gasteiger partial charge >= 0.3 is 9.84 Å². The first-order valence-electron chi connectivity index (χ1n) is 18.4. The van der Waals surface area contributed by atoms with E-state index in [1.807, 2.05) is 0 Å². The van der Waals surface area contributed by atoms with Gasteiger partial charge in [0, 0.05) is 24.2 Å². The molecule has 3 saturated carbocycles. The van der Waals surface area contributed by atoms with E-state index in [0.717, 1.165) is 18.1 Å². The zero-order valence-corrected chi connectivity index (χ0v) is 32.1. The summed E-state index contributed by atoms with van der Waals surface area (Å²) >= 11 is 0. The molecule has 236 valence electrons. The van der Waals surface area contributed by atoms with Gasteiger partial charge in [0.1, 0.15) is 0 Å². The Hall–Kier alpha value is -1.77. The minimum absolute atomic E-state index is 0.549. The Balaban J connectivity index is 1.58. The number of hydrogen-bond donors (Lipinski definition) is 0. The Kier molecular flexibility index (Phi) is 11.5. The third kappa shape index (κ3) is 7.44. The fraction of sp³-hybridized carbons (Fsp3) is 0.538. The van der Waals surface area contributed by atoms with Crippen molar-refractivity contribution in [3.05, 3.63) is 108 Å². The van der Waals surface area contributed by atoms with Crippen molar-refractivity contribution in [3.8, 4) is 0 Å². The second-order valence-corrected chi connectivity index (χ2v) is 24.6. The van der Waals surface area contributed by atoms with E-state index in [-0.39, 0.29) is 0 Å². The van der Waals surface area contributed by atoms with Gasteiger partial charge in [-0.1, -0.05) is 123 Å². The molecule has 0 amide bonds. The molecule has 0 saturated heterocycles. The minimum atomic E-state index is -2.12. The van der Waals surface area contributed by atoms with Crippen molar-refractivity contribution in [3.63, 3.8) is 0 Å². The van der Waals surface area contributed by atoms with Gasteiger partial charge in [-0.3, -0.25) is 0 Å². The van der Waals surface area contributed by atoms with Gasteiger partial charge in [0.05, 0.1) is 22.5 Å². The van der Waals surface area contributed by atoms with E-state index in [4.69, 9.17) is 0 Å². The monoisotopic (exact) mass is 639 g/mol.